The Morgan fingerprint density at radius 1 is 1.38 bits per heavy atom. The molecule has 1 aromatic heterocycles. The van der Waals surface area contributed by atoms with Gasteiger partial charge >= 0.3 is 5.97 Å². The smallest absolute Gasteiger partial charge is 0.335 e. The summed E-state index contributed by atoms with van der Waals surface area (Å²) < 4.78 is 9.13. The van der Waals surface area contributed by atoms with Gasteiger partial charge in [0.15, 0.2) is 0 Å². The molecular weight excluding hydrogens is 228 g/mol. The van der Waals surface area contributed by atoms with E-state index in [9.17, 15) is 4.79 Å². The van der Waals surface area contributed by atoms with Crippen LogP contribution in [0.3, 0.4) is 0 Å². The minimum Gasteiger partial charge on any atom is -0.488 e. The van der Waals surface area contributed by atoms with Gasteiger partial charge in [-0.3, -0.25) is 0 Å². The van der Waals surface area contributed by atoms with Crippen LogP contribution in [0.1, 0.15) is 15.2 Å². The van der Waals surface area contributed by atoms with Crippen molar-refractivity contribution >= 4 is 17.5 Å². The molecule has 1 aromatic carbocycles. The van der Waals surface area contributed by atoms with E-state index in [4.69, 9.17) is 9.84 Å². The molecule has 0 amide bonds. The lowest BCUT2D eigenvalue weighted by molar-refractivity contribution is 0.0697. The molecule has 5 nitrogen and oxygen atoms in total. The largest absolute Gasteiger partial charge is 0.488 e. The molecule has 16 heavy (non-hydrogen) atoms. The van der Waals surface area contributed by atoms with E-state index in [2.05, 4.69) is 9.59 Å². The molecule has 82 valence electrons. The first-order chi connectivity index (χ1) is 7.75. The van der Waals surface area contributed by atoms with Crippen molar-refractivity contribution in [1.82, 2.24) is 9.59 Å². The van der Waals surface area contributed by atoms with Crippen LogP contribution in [0.2, 0.25) is 0 Å². The summed E-state index contributed by atoms with van der Waals surface area (Å²) in [5.41, 5.74) is 0.242. The van der Waals surface area contributed by atoms with Crippen LogP contribution in [-0.4, -0.2) is 20.7 Å². The highest BCUT2D eigenvalue weighted by Gasteiger charge is 2.02. The number of carboxylic acids is 1. The van der Waals surface area contributed by atoms with Gasteiger partial charge in [-0.1, -0.05) is 4.49 Å². The Morgan fingerprint density at radius 3 is 2.69 bits per heavy atom. The molecule has 0 aliphatic carbocycles. The van der Waals surface area contributed by atoms with Gasteiger partial charge in [0.2, 0.25) is 0 Å². The molecule has 0 aliphatic rings. The number of carboxylic acid groups (broad SMARTS) is 1. The van der Waals surface area contributed by atoms with E-state index < -0.39 is 5.97 Å². The van der Waals surface area contributed by atoms with Crippen molar-refractivity contribution in [3.63, 3.8) is 0 Å². The predicted octanol–water partition coefficient (Wildman–Crippen LogP) is 1.82. The van der Waals surface area contributed by atoms with Crippen LogP contribution in [0.15, 0.2) is 30.5 Å². The molecule has 1 heterocycles. The summed E-state index contributed by atoms with van der Waals surface area (Å²) in [5.74, 6) is -0.323. The van der Waals surface area contributed by atoms with E-state index in [-0.39, 0.29) is 5.56 Å². The van der Waals surface area contributed by atoms with Crippen molar-refractivity contribution in [3.8, 4) is 5.75 Å². The maximum Gasteiger partial charge on any atom is 0.335 e. The number of rotatable bonds is 4. The van der Waals surface area contributed by atoms with Crippen molar-refractivity contribution < 1.29 is 14.6 Å². The van der Waals surface area contributed by atoms with E-state index in [1.807, 2.05) is 0 Å². The molecule has 0 aliphatic heterocycles. The number of aromatic carboxylic acids is 1. The van der Waals surface area contributed by atoms with E-state index in [0.717, 1.165) is 4.88 Å². The number of carbonyl (C=O) groups is 1. The monoisotopic (exact) mass is 236 g/mol. The molecule has 6 heteroatoms. The van der Waals surface area contributed by atoms with E-state index in [0.29, 0.717) is 12.4 Å². The Balaban J connectivity index is 1.98. The molecule has 2 aromatic rings. The SMILES string of the molecule is O=C(O)c1ccc(OCc2cnns2)cc1. The predicted molar refractivity (Wildman–Crippen MR) is 57.6 cm³/mol. The van der Waals surface area contributed by atoms with Gasteiger partial charge in [-0.25, -0.2) is 4.79 Å². The van der Waals surface area contributed by atoms with Gasteiger partial charge in [0.25, 0.3) is 0 Å². The zero-order valence-electron chi connectivity index (χ0n) is 8.16. The maximum atomic E-state index is 10.6. The van der Waals surface area contributed by atoms with Gasteiger partial charge < -0.3 is 9.84 Å². The van der Waals surface area contributed by atoms with Gasteiger partial charge in [0, 0.05) is 0 Å². The van der Waals surface area contributed by atoms with Gasteiger partial charge in [-0.05, 0) is 35.8 Å². The lowest BCUT2D eigenvalue weighted by atomic mass is 10.2. The zero-order valence-corrected chi connectivity index (χ0v) is 8.98. The third kappa shape index (κ3) is 2.54. The Bertz CT molecular complexity index is 467. The minimum atomic E-state index is -0.946. The molecule has 0 unspecified atom stereocenters. The van der Waals surface area contributed by atoms with Gasteiger partial charge in [0.05, 0.1) is 16.6 Å². The fourth-order valence-electron chi connectivity index (χ4n) is 1.10. The molecule has 0 spiro atoms. The highest BCUT2D eigenvalue weighted by molar-refractivity contribution is 7.05. The van der Waals surface area contributed by atoms with Crippen molar-refractivity contribution in [1.29, 1.82) is 0 Å². The normalized spacial score (nSPS) is 10.0. The zero-order chi connectivity index (χ0) is 11.4. The number of nitrogens with zero attached hydrogens (tertiary/aromatic N) is 2. The second-order valence-corrected chi connectivity index (χ2v) is 3.87. The average Bonchev–Trinajstić information content (AvgIpc) is 2.80. The highest BCUT2D eigenvalue weighted by Crippen LogP contribution is 2.14. The Labute approximate surface area is 95.5 Å². The molecule has 0 atom stereocenters. The fourth-order valence-corrected chi connectivity index (χ4v) is 1.50. The molecule has 0 radical (unpaired) electrons. The number of aromatic nitrogens is 2. The lowest BCUT2D eigenvalue weighted by Crippen LogP contribution is -1.97. The summed E-state index contributed by atoms with van der Waals surface area (Å²) in [4.78, 5) is 11.5. The molecule has 2 rings (SSSR count). The van der Waals surface area contributed by atoms with E-state index >= 15 is 0 Å². The van der Waals surface area contributed by atoms with E-state index in [1.54, 1.807) is 18.3 Å². The third-order valence-corrected chi connectivity index (χ3v) is 2.52. The highest BCUT2D eigenvalue weighted by atomic mass is 32.1. The average molecular weight is 236 g/mol. The summed E-state index contributed by atoms with van der Waals surface area (Å²) in [7, 11) is 0. The Kier molecular flexibility index (Phi) is 3.11. The van der Waals surface area contributed by atoms with Gasteiger partial charge in [0.1, 0.15) is 12.4 Å². The van der Waals surface area contributed by atoms with Crippen LogP contribution in [0, 0.1) is 0 Å². The number of benzene rings is 1. The second-order valence-electron chi connectivity index (χ2n) is 3.00. The standard InChI is InChI=1S/C10H8N2O3S/c13-10(14)7-1-3-8(4-2-7)15-6-9-5-11-12-16-9/h1-5H,6H2,(H,13,14). The number of hydrogen-bond donors (Lipinski definition) is 1. The van der Waals surface area contributed by atoms with Crippen LogP contribution in [0.5, 0.6) is 5.75 Å². The van der Waals surface area contributed by atoms with Crippen molar-refractivity contribution in [3.05, 3.63) is 40.9 Å². The molecule has 0 bridgehead atoms. The number of hydrogen-bond acceptors (Lipinski definition) is 5. The van der Waals surface area contributed by atoms with Crippen LogP contribution in [-0.2, 0) is 6.61 Å². The van der Waals surface area contributed by atoms with Gasteiger partial charge in [-0.15, -0.1) is 5.10 Å². The van der Waals surface area contributed by atoms with Crippen LogP contribution in [0.25, 0.3) is 0 Å². The van der Waals surface area contributed by atoms with Crippen molar-refractivity contribution in [2.45, 2.75) is 6.61 Å². The Hall–Kier alpha value is -1.95. The van der Waals surface area contributed by atoms with Crippen LogP contribution in [0.4, 0.5) is 0 Å². The summed E-state index contributed by atoms with van der Waals surface area (Å²) in [6.45, 7) is 0.393. The van der Waals surface area contributed by atoms with Crippen LogP contribution >= 0.6 is 11.5 Å². The fraction of sp³-hybridized carbons (Fsp3) is 0.100. The summed E-state index contributed by atoms with van der Waals surface area (Å²) in [6, 6.07) is 6.25. The minimum absolute atomic E-state index is 0.242. The first-order valence-corrected chi connectivity index (χ1v) is 5.25. The topological polar surface area (TPSA) is 72.3 Å². The summed E-state index contributed by atoms with van der Waals surface area (Å²) >= 11 is 1.27. The van der Waals surface area contributed by atoms with Gasteiger partial charge in [-0.2, -0.15) is 0 Å². The molecule has 0 saturated heterocycles. The first kappa shape index (κ1) is 10.6. The third-order valence-electron chi connectivity index (χ3n) is 1.89. The molecule has 0 fully saturated rings. The van der Waals surface area contributed by atoms with Crippen LogP contribution < -0.4 is 4.74 Å². The number of ether oxygens (including phenoxy) is 1. The lowest BCUT2D eigenvalue weighted by Gasteiger charge is -2.03. The maximum absolute atomic E-state index is 10.6. The Morgan fingerprint density at radius 2 is 2.12 bits per heavy atom. The molecule has 1 N–H and O–H groups in total. The first-order valence-electron chi connectivity index (χ1n) is 4.48. The summed E-state index contributed by atoms with van der Waals surface area (Å²) in [5, 5.41) is 12.4. The molecular formula is C10H8N2O3S. The quantitative estimate of drug-likeness (QED) is 0.876. The van der Waals surface area contributed by atoms with Crippen molar-refractivity contribution in [2.24, 2.45) is 0 Å². The second kappa shape index (κ2) is 4.71. The van der Waals surface area contributed by atoms with E-state index in [1.165, 1.54) is 23.7 Å². The van der Waals surface area contributed by atoms with Crippen molar-refractivity contribution in [2.75, 3.05) is 0 Å². The summed E-state index contributed by atoms with van der Waals surface area (Å²) in [6.07, 6.45) is 1.64. The molecule has 0 saturated carbocycles.